The van der Waals surface area contributed by atoms with Gasteiger partial charge in [0.1, 0.15) is 5.41 Å². The van der Waals surface area contributed by atoms with Gasteiger partial charge >= 0.3 is 0 Å². The highest BCUT2D eigenvalue weighted by Gasteiger charge is 2.35. The number of nitrogens with one attached hydrogen (secondary N) is 2. The fraction of sp³-hybridized carbons (Fsp3) is 0.833. The molecule has 0 aromatic heterocycles. The summed E-state index contributed by atoms with van der Waals surface area (Å²) in [7, 11) is 0. The van der Waals surface area contributed by atoms with E-state index in [2.05, 4.69) is 17.6 Å². The van der Waals surface area contributed by atoms with Crippen LogP contribution < -0.4 is 10.6 Å². The van der Waals surface area contributed by atoms with E-state index in [0.717, 1.165) is 19.3 Å². The number of amides is 2. The fourth-order valence-corrected chi connectivity index (χ4v) is 1.16. The third-order valence-electron chi connectivity index (χ3n) is 2.49. The van der Waals surface area contributed by atoms with Gasteiger partial charge in [-0.15, -0.1) is 0 Å². The summed E-state index contributed by atoms with van der Waals surface area (Å²) in [6.07, 6.45) is 2.85. The van der Waals surface area contributed by atoms with E-state index in [1.165, 1.54) is 0 Å². The number of carbonyl (C=O) groups is 2. The largest absolute Gasteiger partial charge is 0.355 e. The Balaban J connectivity index is 4.17. The Kier molecular flexibility index (Phi) is 6.77. The van der Waals surface area contributed by atoms with Gasteiger partial charge in [-0.2, -0.15) is 0 Å². The highest BCUT2D eigenvalue weighted by Crippen LogP contribution is 2.15. The Hall–Kier alpha value is -1.06. The average Bonchev–Trinajstić information content (AvgIpc) is 2.25. The molecule has 4 heteroatoms. The molecule has 94 valence electrons. The molecule has 4 nitrogen and oxygen atoms in total. The second kappa shape index (κ2) is 7.25. The van der Waals surface area contributed by atoms with Crippen LogP contribution in [0.3, 0.4) is 0 Å². The van der Waals surface area contributed by atoms with Crippen molar-refractivity contribution in [1.29, 1.82) is 0 Å². The Morgan fingerprint density at radius 2 is 1.44 bits per heavy atom. The van der Waals surface area contributed by atoms with Gasteiger partial charge in [-0.05, 0) is 26.7 Å². The van der Waals surface area contributed by atoms with Crippen molar-refractivity contribution in [2.45, 2.75) is 47.0 Å². The summed E-state index contributed by atoms with van der Waals surface area (Å²) >= 11 is 0. The van der Waals surface area contributed by atoms with E-state index in [1.54, 1.807) is 13.8 Å². The molecule has 0 aliphatic rings. The van der Waals surface area contributed by atoms with Crippen LogP contribution in [0, 0.1) is 5.41 Å². The highest BCUT2D eigenvalue weighted by atomic mass is 16.2. The lowest BCUT2D eigenvalue weighted by molar-refractivity contribution is -0.141. The van der Waals surface area contributed by atoms with Crippen molar-refractivity contribution in [2.24, 2.45) is 5.41 Å². The summed E-state index contributed by atoms with van der Waals surface area (Å²) in [5, 5.41) is 5.53. The van der Waals surface area contributed by atoms with Crippen LogP contribution in [-0.4, -0.2) is 24.9 Å². The van der Waals surface area contributed by atoms with Crippen molar-refractivity contribution >= 4 is 11.8 Å². The van der Waals surface area contributed by atoms with Crippen molar-refractivity contribution in [3.05, 3.63) is 0 Å². The van der Waals surface area contributed by atoms with Gasteiger partial charge in [0.25, 0.3) is 0 Å². The average molecular weight is 228 g/mol. The van der Waals surface area contributed by atoms with Gasteiger partial charge in [-0.1, -0.05) is 20.3 Å². The lowest BCUT2D eigenvalue weighted by Gasteiger charge is -2.22. The van der Waals surface area contributed by atoms with Crippen LogP contribution in [0.1, 0.15) is 47.0 Å². The Bertz CT molecular complexity index is 237. The molecular weight excluding hydrogens is 204 g/mol. The molecule has 0 bridgehead atoms. The SMILES string of the molecule is CCCCNC(=O)C(C)(C)C(=O)NCCC. The topological polar surface area (TPSA) is 58.2 Å². The molecule has 16 heavy (non-hydrogen) atoms. The Labute approximate surface area is 98.2 Å². The standard InChI is InChI=1S/C12H24N2O2/c1-5-7-9-14-11(16)12(3,4)10(15)13-8-6-2/h5-9H2,1-4H3,(H,13,15)(H,14,16). The molecule has 0 spiro atoms. The maximum atomic E-state index is 11.8. The smallest absolute Gasteiger partial charge is 0.235 e. The molecule has 0 fully saturated rings. The summed E-state index contributed by atoms with van der Waals surface area (Å²) in [5.74, 6) is -0.405. The van der Waals surface area contributed by atoms with E-state index in [0.29, 0.717) is 13.1 Å². The summed E-state index contributed by atoms with van der Waals surface area (Å²) in [5.41, 5.74) is -0.983. The second-order valence-electron chi connectivity index (χ2n) is 4.49. The predicted octanol–water partition coefficient (Wildman–Crippen LogP) is 1.46. The molecule has 0 saturated carbocycles. The summed E-state index contributed by atoms with van der Waals surface area (Å²) in [6, 6.07) is 0. The lowest BCUT2D eigenvalue weighted by atomic mass is 9.91. The Morgan fingerprint density at radius 1 is 0.938 bits per heavy atom. The van der Waals surface area contributed by atoms with Crippen LogP contribution in [0.4, 0.5) is 0 Å². The van der Waals surface area contributed by atoms with Crippen LogP contribution in [0.5, 0.6) is 0 Å². The quantitative estimate of drug-likeness (QED) is 0.512. The van der Waals surface area contributed by atoms with Gasteiger partial charge < -0.3 is 10.6 Å². The molecule has 0 aromatic rings. The molecule has 0 aliphatic heterocycles. The van der Waals surface area contributed by atoms with E-state index in [1.807, 2.05) is 6.92 Å². The Morgan fingerprint density at radius 3 is 1.88 bits per heavy atom. The van der Waals surface area contributed by atoms with E-state index in [9.17, 15) is 9.59 Å². The lowest BCUT2D eigenvalue weighted by Crippen LogP contribution is -2.48. The molecule has 0 atom stereocenters. The zero-order valence-electron chi connectivity index (χ0n) is 10.9. The molecule has 0 saturated heterocycles. The van der Waals surface area contributed by atoms with Crippen molar-refractivity contribution in [3.8, 4) is 0 Å². The second-order valence-corrected chi connectivity index (χ2v) is 4.49. The monoisotopic (exact) mass is 228 g/mol. The zero-order valence-corrected chi connectivity index (χ0v) is 10.9. The molecule has 0 radical (unpaired) electrons. The van der Waals surface area contributed by atoms with Crippen LogP contribution in [0.2, 0.25) is 0 Å². The third-order valence-corrected chi connectivity index (χ3v) is 2.49. The summed E-state index contributed by atoms with van der Waals surface area (Å²) < 4.78 is 0. The molecule has 0 unspecified atom stereocenters. The summed E-state index contributed by atoms with van der Waals surface area (Å²) in [4.78, 5) is 23.5. The van der Waals surface area contributed by atoms with Gasteiger partial charge in [0.05, 0.1) is 0 Å². The number of hydrogen-bond donors (Lipinski definition) is 2. The van der Waals surface area contributed by atoms with E-state index in [-0.39, 0.29) is 11.8 Å². The van der Waals surface area contributed by atoms with Gasteiger partial charge in [-0.3, -0.25) is 9.59 Å². The van der Waals surface area contributed by atoms with Gasteiger partial charge in [0.2, 0.25) is 11.8 Å². The molecule has 0 rings (SSSR count). The number of unbranched alkanes of at least 4 members (excludes halogenated alkanes) is 1. The van der Waals surface area contributed by atoms with E-state index >= 15 is 0 Å². The van der Waals surface area contributed by atoms with E-state index < -0.39 is 5.41 Å². The number of carbonyl (C=O) groups excluding carboxylic acids is 2. The molecule has 2 N–H and O–H groups in total. The van der Waals surface area contributed by atoms with Gasteiger partial charge in [0, 0.05) is 13.1 Å². The highest BCUT2D eigenvalue weighted by molar-refractivity contribution is 6.04. The normalized spacial score (nSPS) is 11.0. The van der Waals surface area contributed by atoms with Gasteiger partial charge in [-0.25, -0.2) is 0 Å². The van der Waals surface area contributed by atoms with Crippen LogP contribution in [0.15, 0.2) is 0 Å². The van der Waals surface area contributed by atoms with E-state index in [4.69, 9.17) is 0 Å². The fourth-order valence-electron chi connectivity index (χ4n) is 1.16. The molecule has 0 heterocycles. The first-order valence-corrected chi connectivity index (χ1v) is 6.03. The van der Waals surface area contributed by atoms with Crippen molar-refractivity contribution < 1.29 is 9.59 Å². The minimum absolute atomic E-state index is 0.199. The molecule has 2 amide bonds. The first-order valence-electron chi connectivity index (χ1n) is 6.03. The van der Waals surface area contributed by atoms with Crippen molar-refractivity contribution in [3.63, 3.8) is 0 Å². The van der Waals surface area contributed by atoms with Crippen LogP contribution in [0.25, 0.3) is 0 Å². The van der Waals surface area contributed by atoms with Gasteiger partial charge in [0.15, 0.2) is 0 Å². The molecular formula is C12H24N2O2. The third kappa shape index (κ3) is 4.64. The maximum absolute atomic E-state index is 11.8. The van der Waals surface area contributed by atoms with Crippen molar-refractivity contribution in [1.82, 2.24) is 10.6 Å². The minimum atomic E-state index is -0.983. The predicted molar refractivity (Wildman–Crippen MR) is 65.0 cm³/mol. The summed E-state index contributed by atoms with van der Waals surface area (Å²) in [6.45, 7) is 8.60. The minimum Gasteiger partial charge on any atom is -0.355 e. The number of hydrogen-bond acceptors (Lipinski definition) is 2. The van der Waals surface area contributed by atoms with Crippen LogP contribution in [-0.2, 0) is 9.59 Å². The molecule has 0 aliphatic carbocycles. The van der Waals surface area contributed by atoms with Crippen molar-refractivity contribution in [2.75, 3.05) is 13.1 Å². The van der Waals surface area contributed by atoms with Crippen LogP contribution >= 0.6 is 0 Å². The molecule has 0 aromatic carbocycles. The maximum Gasteiger partial charge on any atom is 0.235 e. The zero-order chi connectivity index (χ0) is 12.6. The number of rotatable bonds is 7. The first kappa shape index (κ1) is 14.9. The first-order chi connectivity index (χ1) is 7.46.